The highest BCUT2D eigenvalue weighted by atomic mass is 16.4. The molecule has 0 aliphatic heterocycles. The van der Waals surface area contributed by atoms with Crippen molar-refractivity contribution in [3.63, 3.8) is 0 Å². The molecule has 0 rings (SSSR count). The first-order valence-electron chi connectivity index (χ1n) is 9.72. The molecule has 0 bridgehead atoms. The predicted molar refractivity (Wildman–Crippen MR) is 99.9 cm³/mol. The summed E-state index contributed by atoms with van der Waals surface area (Å²) in [6.07, 6.45) is 9.73. The number of rotatable bonds is 16. The Hall–Kier alpha value is -1.02. The number of hydrogen-bond acceptors (Lipinski definition) is 6. The van der Waals surface area contributed by atoms with E-state index in [1.165, 1.54) is 57.8 Å². The minimum absolute atomic E-state index is 0.0869. The predicted octanol–water partition coefficient (Wildman–Crippen LogP) is 2.03. The number of carboxylic acids is 1. The molecule has 0 saturated carbocycles. The van der Waals surface area contributed by atoms with Crippen molar-refractivity contribution in [3.05, 3.63) is 0 Å². The van der Waals surface area contributed by atoms with E-state index in [1.807, 2.05) is 0 Å². The summed E-state index contributed by atoms with van der Waals surface area (Å²) in [7, 11) is 0. The second kappa shape index (κ2) is 20.3. The molecule has 0 aliphatic carbocycles. The summed E-state index contributed by atoms with van der Waals surface area (Å²) in [4.78, 5) is 20.0. The molecular formula is C19H38O7. The Morgan fingerprint density at radius 3 is 1.62 bits per heavy atom. The second-order valence-electron chi connectivity index (χ2n) is 6.55. The van der Waals surface area contributed by atoms with Crippen molar-refractivity contribution in [1.29, 1.82) is 0 Å². The quantitative estimate of drug-likeness (QED) is 0.205. The number of hydrogen-bond donors (Lipinski definition) is 5. The molecule has 0 spiro atoms. The van der Waals surface area contributed by atoms with E-state index in [0.29, 0.717) is 6.42 Å². The van der Waals surface area contributed by atoms with Crippen molar-refractivity contribution in [2.24, 2.45) is 0 Å². The summed E-state index contributed by atoms with van der Waals surface area (Å²) in [6, 6.07) is 0. The third-order valence-electron chi connectivity index (χ3n) is 4.06. The molecule has 26 heavy (non-hydrogen) atoms. The van der Waals surface area contributed by atoms with Gasteiger partial charge in [-0.3, -0.25) is 4.79 Å². The number of unbranched alkanes of at least 4 members (excludes halogenated alkanes) is 10. The lowest BCUT2D eigenvalue weighted by atomic mass is 10.1. The van der Waals surface area contributed by atoms with Crippen molar-refractivity contribution in [2.75, 3.05) is 6.61 Å². The highest BCUT2D eigenvalue weighted by Gasteiger charge is 2.22. The van der Waals surface area contributed by atoms with Gasteiger partial charge in [0.1, 0.15) is 18.3 Å². The average Bonchev–Trinajstić information content (AvgIpc) is 2.64. The van der Waals surface area contributed by atoms with Crippen LogP contribution in [-0.2, 0) is 9.59 Å². The molecule has 156 valence electrons. The van der Waals surface area contributed by atoms with Gasteiger partial charge in [-0.15, -0.1) is 0 Å². The van der Waals surface area contributed by atoms with Crippen LogP contribution >= 0.6 is 0 Å². The normalized spacial score (nSPS) is 14.0. The Morgan fingerprint density at radius 2 is 1.27 bits per heavy atom. The maximum Gasteiger partial charge on any atom is 0.303 e. The molecule has 5 N–H and O–H groups in total. The van der Waals surface area contributed by atoms with Crippen LogP contribution < -0.4 is 0 Å². The van der Waals surface area contributed by atoms with E-state index in [4.69, 9.17) is 25.5 Å². The number of aliphatic carboxylic acids is 1. The largest absolute Gasteiger partial charge is 0.481 e. The topological polar surface area (TPSA) is 135 Å². The molecule has 0 aliphatic rings. The van der Waals surface area contributed by atoms with Gasteiger partial charge in [-0.2, -0.15) is 0 Å². The van der Waals surface area contributed by atoms with E-state index >= 15 is 0 Å². The molecule has 0 aromatic carbocycles. The number of aliphatic hydroxyl groups excluding tert-OH is 4. The fraction of sp³-hybridized carbons (Fsp3) is 0.895. The van der Waals surface area contributed by atoms with Gasteiger partial charge in [0.05, 0.1) is 6.61 Å². The van der Waals surface area contributed by atoms with Gasteiger partial charge in [-0.05, 0) is 6.42 Å². The van der Waals surface area contributed by atoms with Crippen LogP contribution in [0.2, 0.25) is 0 Å². The first-order chi connectivity index (χ1) is 12.4. The van der Waals surface area contributed by atoms with Gasteiger partial charge in [-0.1, -0.05) is 71.1 Å². The fourth-order valence-corrected chi connectivity index (χ4v) is 2.36. The van der Waals surface area contributed by atoms with Gasteiger partial charge in [-0.25, -0.2) is 0 Å². The van der Waals surface area contributed by atoms with E-state index < -0.39 is 30.9 Å². The fourth-order valence-electron chi connectivity index (χ4n) is 2.36. The molecule has 0 amide bonds. The van der Waals surface area contributed by atoms with Crippen molar-refractivity contribution in [1.82, 2.24) is 0 Å². The molecule has 3 atom stereocenters. The van der Waals surface area contributed by atoms with Gasteiger partial charge in [0.25, 0.3) is 0 Å². The summed E-state index contributed by atoms with van der Waals surface area (Å²) in [5.41, 5.74) is 0. The summed E-state index contributed by atoms with van der Waals surface area (Å²) in [6.45, 7) is 1.56. The molecule has 7 heteroatoms. The van der Waals surface area contributed by atoms with Crippen LogP contribution in [0, 0.1) is 0 Å². The average molecular weight is 379 g/mol. The van der Waals surface area contributed by atoms with Crippen LogP contribution in [0.1, 0.15) is 84.0 Å². The van der Waals surface area contributed by atoms with Crippen LogP contribution in [-0.4, -0.2) is 62.7 Å². The molecule has 0 unspecified atom stereocenters. The third kappa shape index (κ3) is 19.3. The first-order valence-corrected chi connectivity index (χ1v) is 9.72. The summed E-state index contributed by atoms with van der Waals surface area (Å²) in [5, 5.41) is 42.5. The number of aldehydes is 1. The second-order valence-corrected chi connectivity index (χ2v) is 6.55. The Bertz CT molecular complexity index is 323. The van der Waals surface area contributed by atoms with Gasteiger partial charge in [0.15, 0.2) is 6.29 Å². The molecule has 0 radical (unpaired) electrons. The zero-order chi connectivity index (χ0) is 20.2. The summed E-state index contributed by atoms with van der Waals surface area (Å²) >= 11 is 0. The summed E-state index contributed by atoms with van der Waals surface area (Å²) in [5.74, 6) is -0.657. The van der Waals surface area contributed by atoms with Crippen LogP contribution in [0.3, 0.4) is 0 Å². The smallest absolute Gasteiger partial charge is 0.303 e. The number of carbonyl (C=O) groups is 2. The Morgan fingerprint density at radius 1 is 0.846 bits per heavy atom. The Balaban J connectivity index is 0. The van der Waals surface area contributed by atoms with Crippen molar-refractivity contribution >= 4 is 12.3 Å². The highest BCUT2D eigenvalue weighted by Crippen LogP contribution is 2.11. The van der Waals surface area contributed by atoms with Gasteiger partial charge in [0.2, 0.25) is 0 Å². The van der Waals surface area contributed by atoms with Crippen LogP contribution in [0.5, 0.6) is 0 Å². The first kappa shape index (κ1) is 27.2. The zero-order valence-corrected chi connectivity index (χ0v) is 16.1. The summed E-state index contributed by atoms with van der Waals surface area (Å²) < 4.78 is 0. The van der Waals surface area contributed by atoms with E-state index in [2.05, 4.69) is 6.92 Å². The molecule has 0 heterocycles. The minimum Gasteiger partial charge on any atom is -0.481 e. The number of carboxylic acid groups (broad SMARTS) is 1. The lowest BCUT2D eigenvalue weighted by Gasteiger charge is -2.16. The van der Waals surface area contributed by atoms with E-state index in [0.717, 1.165) is 12.8 Å². The number of aliphatic hydroxyl groups is 4. The standard InChI is InChI=1S/C14H28O2.C5H10O5/c1-2-3-4-5-6-7-8-9-10-11-12-13-14(15)16;6-1-3(8)5(10)4(9)2-7/h2-13H2,1H3,(H,15,16);1,3-5,7-10H,2H2/t;3-,4+,5-/m.0/s1. The van der Waals surface area contributed by atoms with Crippen LogP contribution in [0.25, 0.3) is 0 Å². The lowest BCUT2D eigenvalue weighted by molar-refractivity contribution is -0.137. The van der Waals surface area contributed by atoms with Crippen LogP contribution in [0.4, 0.5) is 0 Å². The Labute approximate surface area is 157 Å². The van der Waals surface area contributed by atoms with E-state index in [1.54, 1.807) is 0 Å². The lowest BCUT2D eigenvalue weighted by Crippen LogP contribution is -2.40. The molecule has 0 aromatic rings. The zero-order valence-electron chi connectivity index (χ0n) is 16.1. The maximum absolute atomic E-state index is 10.3. The Kier molecular flexibility index (Phi) is 21.2. The van der Waals surface area contributed by atoms with E-state index in [-0.39, 0.29) is 6.29 Å². The van der Waals surface area contributed by atoms with Crippen molar-refractivity contribution in [3.8, 4) is 0 Å². The molecule has 7 nitrogen and oxygen atoms in total. The third-order valence-corrected chi connectivity index (χ3v) is 4.06. The van der Waals surface area contributed by atoms with E-state index in [9.17, 15) is 9.59 Å². The highest BCUT2D eigenvalue weighted by molar-refractivity contribution is 5.66. The number of carbonyl (C=O) groups excluding carboxylic acids is 1. The SMILES string of the molecule is CCCCCCCCCCCCCC(=O)O.O=C[C@H](O)[C@H](O)[C@H](O)CO. The van der Waals surface area contributed by atoms with Crippen molar-refractivity contribution in [2.45, 2.75) is 102 Å². The monoisotopic (exact) mass is 378 g/mol. The van der Waals surface area contributed by atoms with Gasteiger partial charge in [0, 0.05) is 6.42 Å². The molecular weight excluding hydrogens is 340 g/mol. The van der Waals surface area contributed by atoms with Gasteiger partial charge >= 0.3 is 5.97 Å². The molecule has 0 aromatic heterocycles. The minimum atomic E-state index is -1.64. The van der Waals surface area contributed by atoms with Crippen molar-refractivity contribution < 1.29 is 35.1 Å². The van der Waals surface area contributed by atoms with Gasteiger partial charge < -0.3 is 30.3 Å². The molecule has 0 fully saturated rings. The van der Waals surface area contributed by atoms with Crippen LogP contribution in [0.15, 0.2) is 0 Å². The molecule has 0 saturated heterocycles. The maximum atomic E-state index is 10.3.